The lowest BCUT2D eigenvalue weighted by atomic mass is 9.88. The summed E-state index contributed by atoms with van der Waals surface area (Å²) in [6, 6.07) is 12.3. The van der Waals surface area contributed by atoms with Gasteiger partial charge in [0.05, 0.1) is 24.0 Å². The van der Waals surface area contributed by atoms with Gasteiger partial charge in [-0.3, -0.25) is 4.79 Å². The van der Waals surface area contributed by atoms with Crippen LogP contribution in [0.5, 0.6) is 5.75 Å². The average molecular weight is 475 g/mol. The Morgan fingerprint density at radius 3 is 2.31 bits per heavy atom. The maximum Gasteiger partial charge on any atom is 0.270 e. The van der Waals surface area contributed by atoms with Crippen molar-refractivity contribution in [1.29, 1.82) is 10.5 Å². The van der Waals surface area contributed by atoms with Gasteiger partial charge in [0, 0.05) is 39.3 Å². The number of nitriles is 2. The number of aryl methyl sites for hydroxylation is 1. The first-order valence-corrected chi connectivity index (χ1v) is 11.4. The van der Waals surface area contributed by atoms with Crippen molar-refractivity contribution in [2.24, 2.45) is 7.05 Å². The van der Waals surface area contributed by atoms with Crippen molar-refractivity contribution in [2.75, 3.05) is 31.0 Å². The predicted molar refractivity (Wildman–Crippen MR) is 132 cm³/mol. The smallest absolute Gasteiger partial charge is 0.270 e. The first-order valence-electron chi connectivity index (χ1n) is 11.4. The van der Waals surface area contributed by atoms with E-state index >= 15 is 0 Å². The summed E-state index contributed by atoms with van der Waals surface area (Å²) in [7, 11) is 7.01. The van der Waals surface area contributed by atoms with Crippen LogP contribution < -0.4 is 20.1 Å². The average Bonchev–Trinajstić information content (AvgIpc) is 2.89. The number of anilines is 2. The number of hydrogen-bond donors (Lipinski definition) is 0. The van der Waals surface area contributed by atoms with Gasteiger partial charge in [0.15, 0.2) is 0 Å². The Balaban J connectivity index is 1.63. The molecule has 2 aromatic heterocycles. The van der Waals surface area contributed by atoms with E-state index in [4.69, 9.17) is 4.74 Å². The highest BCUT2D eigenvalue weighted by atomic mass is 19.1. The standard InChI is InChI=1S/C26H27FN6O2/c1-31(21-11-5-16(27)13-23(21)35-4)18-7-9-19(10-8-18)32(2)25-20(15-29)26(34)33(3)22-12-6-17(14-28)30-24(22)25/h5-6,11-13,18-19H,7-10H2,1-4H3. The van der Waals surface area contributed by atoms with Gasteiger partial charge in [-0.05, 0) is 49.9 Å². The van der Waals surface area contributed by atoms with Crippen LogP contribution in [0, 0.1) is 28.5 Å². The van der Waals surface area contributed by atoms with Gasteiger partial charge in [0.25, 0.3) is 5.56 Å². The van der Waals surface area contributed by atoms with Crippen LogP contribution >= 0.6 is 0 Å². The van der Waals surface area contributed by atoms with E-state index in [2.05, 4.69) is 16.0 Å². The summed E-state index contributed by atoms with van der Waals surface area (Å²) >= 11 is 0. The predicted octanol–water partition coefficient (Wildman–Crippen LogP) is 3.71. The van der Waals surface area contributed by atoms with E-state index in [-0.39, 0.29) is 34.7 Å². The number of hydrogen-bond acceptors (Lipinski definition) is 7. The lowest BCUT2D eigenvalue weighted by Gasteiger charge is -2.40. The molecule has 0 spiro atoms. The number of benzene rings is 1. The summed E-state index contributed by atoms with van der Waals surface area (Å²) < 4.78 is 20.4. The third-order valence-electron chi connectivity index (χ3n) is 7.08. The molecule has 1 aliphatic rings. The number of methoxy groups -OCH3 is 1. The Morgan fingerprint density at radius 2 is 1.71 bits per heavy atom. The van der Waals surface area contributed by atoms with Crippen LogP contribution in [0.1, 0.15) is 36.9 Å². The topological polar surface area (TPSA) is 98.2 Å². The van der Waals surface area contributed by atoms with Gasteiger partial charge in [-0.2, -0.15) is 10.5 Å². The molecule has 9 heteroatoms. The molecular weight excluding hydrogens is 447 g/mol. The molecule has 1 aromatic carbocycles. The molecule has 1 saturated carbocycles. The van der Waals surface area contributed by atoms with E-state index in [1.807, 2.05) is 25.1 Å². The van der Waals surface area contributed by atoms with Crippen molar-refractivity contribution >= 4 is 22.4 Å². The molecule has 1 aliphatic carbocycles. The highest BCUT2D eigenvalue weighted by Crippen LogP contribution is 2.36. The lowest BCUT2D eigenvalue weighted by molar-refractivity contribution is 0.370. The number of nitrogens with zero attached hydrogens (tertiary/aromatic N) is 6. The zero-order chi connectivity index (χ0) is 25.3. The van der Waals surface area contributed by atoms with Crippen LogP contribution in [0.4, 0.5) is 15.8 Å². The third kappa shape index (κ3) is 4.26. The molecule has 0 amide bonds. The number of aromatic nitrogens is 2. The molecule has 0 saturated heterocycles. The minimum Gasteiger partial charge on any atom is -0.494 e. The van der Waals surface area contributed by atoms with Gasteiger partial charge in [-0.15, -0.1) is 0 Å². The van der Waals surface area contributed by atoms with E-state index in [0.29, 0.717) is 22.5 Å². The molecule has 8 nitrogen and oxygen atoms in total. The van der Waals surface area contributed by atoms with E-state index < -0.39 is 0 Å². The van der Waals surface area contributed by atoms with Crippen molar-refractivity contribution < 1.29 is 9.13 Å². The Hall–Kier alpha value is -4.11. The van der Waals surface area contributed by atoms with Crippen molar-refractivity contribution in [2.45, 2.75) is 37.8 Å². The number of rotatable bonds is 5. The fraction of sp³-hybridized carbons (Fsp3) is 0.385. The van der Waals surface area contributed by atoms with Crippen molar-refractivity contribution in [3.05, 3.63) is 57.8 Å². The minimum absolute atomic E-state index is 0.0281. The summed E-state index contributed by atoms with van der Waals surface area (Å²) in [4.78, 5) is 21.5. The number of ether oxygens (including phenoxy) is 1. The second-order valence-corrected chi connectivity index (χ2v) is 8.88. The molecule has 4 rings (SSSR count). The summed E-state index contributed by atoms with van der Waals surface area (Å²) in [5.74, 6) is 0.156. The van der Waals surface area contributed by atoms with Crippen molar-refractivity contribution in [1.82, 2.24) is 9.55 Å². The number of fused-ring (bicyclic) bond motifs is 1. The van der Waals surface area contributed by atoms with E-state index in [0.717, 1.165) is 31.4 Å². The quantitative estimate of drug-likeness (QED) is 0.556. The SMILES string of the molecule is COc1cc(F)ccc1N(C)C1CCC(N(C)c2c(C#N)c(=O)n(C)c3ccc(C#N)nc23)CC1. The maximum atomic E-state index is 13.6. The van der Waals surface area contributed by atoms with Gasteiger partial charge in [-0.1, -0.05) is 0 Å². The van der Waals surface area contributed by atoms with Crippen LogP contribution in [-0.2, 0) is 7.05 Å². The molecule has 180 valence electrons. The zero-order valence-electron chi connectivity index (χ0n) is 20.2. The Labute approximate surface area is 203 Å². The molecule has 3 aromatic rings. The van der Waals surface area contributed by atoms with Crippen LogP contribution in [0.25, 0.3) is 11.0 Å². The van der Waals surface area contributed by atoms with Gasteiger partial charge in [0.2, 0.25) is 0 Å². The fourth-order valence-corrected chi connectivity index (χ4v) is 5.05. The molecule has 2 heterocycles. The van der Waals surface area contributed by atoms with Crippen molar-refractivity contribution in [3.63, 3.8) is 0 Å². The molecule has 0 aliphatic heterocycles. The molecule has 0 unspecified atom stereocenters. The van der Waals surface area contributed by atoms with Crippen molar-refractivity contribution in [3.8, 4) is 17.9 Å². The molecule has 0 atom stereocenters. The normalized spacial score (nSPS) is 17.5. The fourth-order valence-electron chi connectivity index (χ4n) is 5.05. The van der Waals surface area contributed by atoms with Gasteiger partial charge in [0.1, 0.15) is 40.5 Å². The van der Waals surface area contributed by atoms with Crippen LogP contribution in [0.15, 0.2) is 35.1 Å². The van der Waals surface area contributed by atoms with E-state index in [1.54, 1.807) is 25.2 Å². The van der Waals surface area contributed by atoms with Crippen LogP contribution in [-0.4, -0.2) is 42.8 Å². The Kier molecular flexibility index (Phi) is 6.61. The number of pyridine rings is 2. The largest absolute Gasteiger partial charge is 0.494 e. The monoisotopic (exact) mass is 474 g/mol. The Bertz CT molecular complexity index is 1410. The molecular formula is C26H27FN6O2. The number of halogens is 1. The first kappa shape index (κ1) is 24.0. The molecule has 0 N–H and O–H groups in total. The summed E-state index contributed by atoms with van der Waals surface area (Å²) in [6.07, 6.45) is 3.39. The van der Waals surface area contributed by atoms with Gasteiger partial charge in [-0.25, -0.2) is 9.37 Å². The highest BCUT2D eigenvalue weighted by Gasteiger charge is 2.30. The minimum atomic E-state index is -0.384. The summed E-state index contributed by atoms with van der Waals surface area (Å²) in [6.45, 7) is 0. The molecule has 35 heavy (non-hydrogen) atoms. The molecule has 0 bridgehead atoms. The third-order valence-corrected chi connectivity index (χ3v) is 7.08. The first-order chi connectivity index (χ1) is 16.8. The zero-order valence-corrected chi connectivity index (χ0v) is 20.2. The van der Waals surface area contributed by atoms with E-state index in [1.165, 1.54) is 23.8 Å². The van der Waals surface area contributed by atoms with Crippen LogP contribution in [0.2, 0.25) is 0 Å². The molecule has 0 radical (unpaired) electrons. The summed E-state index contributed by atoms with van der Waals surface area (Å²) in [5.41, 5.74) is 2.23. The molecule has 1 fully saturated rings. The van der Waals surface area contributed by atoms with Gasteiger partial charge >= 0.3 is 0 Å². The Morgan fingerprint density at radius 1 is 1.06 bits per heavy atom. The second kappa shape index (κ2) is 9.63. The lowest BCUT2D eigenvalue weighted by Crippen LogP contribution is -2.42. The van der Waals surface area contributed by atoms with E-state index in [9.17, 15) is 19.7 Å². The maximum absolute atomic E-state index is 13.6. The highest BCUT2D eigenvalue weighted by molar-refractivity contribution is 5.92. The second-order valence-electron chi connectivity index (χ2n) is 8.88. The van der Waals surface area contributed by atoms with Crippen LogP contribution in [0.3, 0.4) is 0 Å². The van der Waals surface area contributed by atoms with Gasteiger partial charge < -0.3 is 19.1 Å². The summed E-state index contributed by atoms with van der Waals surface area (Å²) in [5, 5.41) is 19.2.